The maximum atomic E-state index is 10.8. The van der Waals surface area contributed by atoms with Gasteiger partial charge in [-0.05, 0) is 6.08 Å². The molecular weight excluding hydrogens is 130 g/mol. The second kappa shape index (κ2) is 3.06. The third-order valence-corrected chi connectivity index (χ3v) is 1.15. The van der Waals surface area contributed by atoms with E-state index in [0.29, 0.717) is 6.54 Å². The lowest BCUT2D eigenvalue weighted by Crippen LogP contribution is -2.27. The summed E-state index contributed by atoms with van der Waals surface area (Å²) in [5.41, 5.74) is 0. The maximum Gasteiger partial charge on any atom is 0.414 e. The lowest BCUT2D eigenvalue weighted by atomic mass is 10.4. The molecule has 10 heavy (non-hydrogen) atoms. The second-order valence-corrected chi connectivity index (χ2v) is 1.80. The molecule has 0 bridgehead atoms. The molecule has 0 aromatic rings. The molecule has 1 radical (unpaired) electrons. The van der Waals surface area contributed by atoms with E-state index in [4.69, 9.17) is 0 Å². The zero-order chi connectivity index (χ0) is 7.40. The third-order valence-electron chi connectivity index (χ3n) is 1.15. The first kappa shape index (κ1) is 6.86. The molecule has 0 aromatic heterocycles. The Balaban J connectivity index is 2.51. The van der Waals surface area contributed by atoms with Gasteiger partial charge in [-0.1, -0.05) is 12.2 Å². The third kappa shape index (κ3) is 1.37. The monoisotopic (exact) mass is 138 g/mol. The van der Waals surface area contributed by atoms with E-state index in [0.717, 1.165) is 0 Å². The number of carbonyl (C=O) groups is 1. The topological polar surface area (TPSA) is 29.5 Å². The molecule has 0 aromatic carbocycles. The van der Waals surface area contributed by atoms with Gasteiger partial charge in [0.1, 0.15) is 0 Å². The van der Waals surface area contributed by atoms with E-state index < -0.39 is 0 Å². The van der Waals surface area contributed by atoms with Crippen molar-refractivity contribution in [2.24, 2.45) is 0 Å². The van der Waals surface area contributed by atoms with Crippen molar-refractivity contribution in [1.29, 1.82) is 0 Å². The molecule has 1 amide bonds. The molecule has 0 saturated heterocycles. The summed E-state index contributed by atoms with van der Waals surface area (Å²) in [6, 6.07) is 0. The van der Waals surface area contributed by atoms with Crippen molar-refractivity contribution in [3.05, 3.63) is 24.4 Å². The van der Waals surface area contributed by atoms with Crippen LogP contribution in [0.5, 0.6) is 0 Å². The van der Waals surface area contributed by atoms with E-state index in [-0.39, 0.29) is 6.09 Å². The van der Waals surface area contributed by atoms with Crippen LogP contribution in [0.3, 0.4) is 0 Å². The van der Waals surface area contributed by atoms with Crippen LogP contribution in [0.2, 0.25) is 0 Å². The number of hydrogen-bond donors (Lipinski definition) is 0. The van der Waals surface area contributed by atoms with E-state index >= 15 is 0 Å². The Morgan fingerprint density at radius 1 is 1.80 bits per heavy atom. The summed E-state index contributed by atoms with van der Waals surface area (Å²) >= 11 is 0. The molecule has 1 rings (SSSR count). The minimum Gasteiger partial charge on any atom is -0.452 e. The molecule has 0 unspecified atom stereocenters. The van der Waals surface area contributed by atoms with Crippen molar-refractivity contribution in [3.8, 4) is 0 Å². The van der Waals surface area contributed by atoms with Crippen LogP contribution in [0.25, 0.3) is 0 Å². The quantitative estimate of drug-likeness (QED) is 0.498. The van der Waals surface area contributed by atoms with E-state index in [1.54, 1.807) is 6.08 Å². The standard InChI is InChI=1S/C7H8NO2/c1-10-7(9)8-5-3-2-4-6-8/h2-4H,5H2,1H3. The molecule has 53 valence electrons. The normalized spacial score (nSPS) is 15.5. The highest BCUT2D eigenvalue weighted by molar-refractivity contribution is 5.68. The average Bonchev–Trinajstić information content (AvgIpc) is 2.05. The number of carbonyl (C=O) groups excluding carboxylic acids is 1. The Hall–Kier alpha value is -1.25. The molecule has 0 atom stereocenters. The first-order valence-electron chi connectivity index (χ1n) is 2.94. The van der Waals surface area contributed by atoms with Gasteiger partial charge in [0, 0.05) is 6.54 Å². The number of methoxy groups -OCH3 is 1. The van der Waals surface area contributed by atoms with Crippen molar-refractivity contribution in [1.82, 2.24) is 4.90 Å². The zero-order valence-corrected chi connectivity index (χ0v) is 5.70. The van der Waals surface area contributed by atoms with Crippen molar-refractivity contribution in [2.45, 2.75) is 0 Å². The van der Waals surface area contributed by atoms with Gasteiger partial charge in [0.05, 0.1) is 13.3 Å². The first-order chi connectivity index (χ1) is 4.84. The van der Waals surface area contributed by atoms with Gasteiger partial charge in [0.2, 0.25) is 0 Å². The van der Waals surface area contributed by atoms with Gasteiger partial charge < -0.3 is 4.74 Å². The summed E-state index contributed by atoms with van der Waals surface area (Å²) in [4.78, 5) is 12.1. The summed E-state index contributed by atoms with van der Waals surface area (Å²) in [5.74, 6) is 0. The van der Waals surface area contributed by atoms with E-state index in [9.17, 15) is 4.79 Å². The smallest absolute Gasteiger partial charge is 0.414 e. The Morgan fingerprint density at radius 2 is 2.60 bits per heavy atom. The number of nitrogens with zero attached hydrogens (tertiary/aromatic N) is 1. The molecule has 0 N–H and O–H groups in total. The van der Waals surface area contributed by atoms with Crippen molar-refractivity contribution in [3.63, 3.8) is 0 Å². The molecule has 1 aliphatic heterocycles. The maximum absolute atomic E-state index is 10.8. The van der Waals surface area contributed by atoms with Crippen LogP contribution in [0.4, 0.5) is 4.79 Å². The Labute approximate surface area is 59.6 Å². The largest absolute Gasteiger partial charge is 0.452 e. The molecule has 3 nitrogen and oxygen atoms in total. The van der Waals surface area contributed by atoms with Crippen LogP contribution >= 0.6 is 0 Å². The highest BCUT2D eigenvalue weighted by Gasteiger charge is 2.09. The van der Waals surface area contributed by atoms with Crippen molar-refractivity contribution < 1.29 is 9.53 Å². The number of hydrogen-bond acceptors (Lipinski definition) is 2. The number of amides is 1. The van der Waals surface area contributed by atoms with Gasteiger partial charge in [-0.3, -0.25) is 4.90 Å². The highest BCUT2D eigenvalue weighted by atomic mass is 16.5. The van der Waals surface area contributed by atoms with Gasteiger partial charge >= 0.3 is 6.09 Å². The Bertz CT molecular complexity index is 184. The lowest BCUT2D eigenvalue weighted by Gasteiger charge is -2.14. The van der Waals surface area contributed by atoms with Gasteiger partial charge in [-0.25, -0.2) is 4.79 Å². The summed E-state index contributed by atoms with van der Waals surface area (Å²) in [6.07, 6.45) is 7.70. The summed E-state index contributed by atoms with van der Waals surface area (Å²) in [7, 11) is 1.35. The van der Waals surface area contributed by atoms with Gasteiger partial charge in [-0.15, -0.1) is 0 Å². The van der Waals surface area contributed by atoms with Gasteiger partial charge in [0.15, 0.2) is 0 Å². The van der Waals surface area contributed by atoms with Gasteiger partial charge in [0.25, 0.3) is 0 Å². The van der Waals surface area contributed by atoms with Crippen LogP contribution in [0.15, 0.2) is 18.2 Å². The van der Waals surface area contributed by atoms with E-state index in [1.807, 2.05) is 12.2 Å². The minimum atomic E-state index is -0.374. The molecule has 1 aliphatic rings. The lowest BCUT2D eigenvalue weighted by molar-refractivity contribution is 0.140. The van der Waals surface area contributed by atoms with Crippen molar-refractivity contribution >= 4 is 6.09 Å². The average molecular weight is 138 g/mol. The minimum absolute atomic E-state index is 0.374. The molecule has 0 fully saturated rings. The first-order valence-corrected chi connectivity index (χ1v) is 2.94. The van der Waals surface area contributed by atoms with Crippen LogP contribution in [0, 0.1) is 6.20 Å². The van der Waals surface area contributed by atoms with Crippen LogP contribution in [-0.2, 0) is 4.74 Å². The Morgan fingerprint density at radius 3 is 3.10 bits per heavy atom. The Kier molecular flexibility index (Phi) is 2.10. The molecule has 3 heteroatoms. The molecule has 0 saturated carbocycles. The van der Waals surface area contributed by atoms with Crippen LogP contribution in [-0.4, -0.2) is 24.6 Å². The van der Waals surface area contributed by atoms with Crippen LogP contribution in [0.1, 0.15) is 0 Å². The fourth-order valence-corrected chi connectivity index (χ4v) is 0.657. The predicted molar refractivity (Wildman–Crippen MR) is 36.1 cm³/mol. The fraction of sp³-hybridized carbons (Fsp3) is 0.286. The van der Waals surface area contributed by atoms with Crippen molar-refractivity contribution in [2.75, 3.05) is 13.7 Å². The van der Waals surface area contributed by atoms with Gasteiger partial charge in [-0.2, -0.15) is 0 Å². The highest BCUT2D eigenvalue weighted by Crippen LogP contribution is 1.98. The fourth-order valence-electron chi connectivity index (χ4n) is 0.657. The number of allylic oxidation sites excluding steroid dienone is 2. The molecule has 0 aliphatic carbocycles. The molecular formula is C7H8NO2. The van der Waals surface area contributed by atoms with Crippen LogP contribution < -0.4 is 0 Å². The predicted octanol–water partition coefficient (Wildman–Crippen LogP) is 0.941. The number of ether oxygens (including phenoxy) is 1. The zero-order valence-electron chi connectivity index (χ0n) is 5.70. The second-order valence-electron chi connectivity index (χ2n) is 1.80. The van der Waals surface area contributed by atoms with E-state index in [1.165, 1.54) is 12.0 Å². The number of rotatable bonds is 0. The summed E-state index contributed by atoms with van der Waals surface area (Å²) < 4.78 is 4.46. The van der Waals surface area contributed by atoms with E-state index in [2.05, 4.69) is 10.9 Å². The molecule has 0 spiro atoms. The SMILES string of the molecule is COC(=O)N1[C]=CC=CC1. The molecule has 1 heterocycles. The summed E-state index contributed by atoms with van der Waals surface area (Å²) in [5, 5.41) is 0. The summed E-state index contributed by atoms with van der Waals surface area (Å²) in [6.45, 7) is 0.545.